The van der Waals surface area contributed by atoms with E-state index in [1.165, 1.54) is 18.7 Å². The van der Waals surface area contributed by atoms with Gasteiger partial charge in [-0.2, -0.15) is 13.2 Å². The summed E-state index contributed by atoms with van der Waals surface area (Å²) in [6.07, 6.45) is -2.45. The molecule has 0 radical (unpaired) electrons. The second-order valence-electron chi connectivity index (χ2n) is 11.9. The lowest BCUT2D eigenvalue weighted by molar-refractivity contribution is -0.210. The molecule has 3 aliphatic rings. The molecule has 0 aromatic heterocycles. The predicted octanol–water partition coefficient (Wildman–Crippen LogP) is 5.85. The summed E-state index contributed by atoms with van der Waals surface area (Å²) in [4.78, 5) is 35.3. The molecule has 0 aliphatic carbocycles. The van der Waals surface area contributed by atoms with Gasteiger partial charge in [0.1, 0.15) is 16.9 Å². The van der Waals surface area contributed by atoms with Crippen LogP contribution in [0.3, 0.4) is 0 Å². The van der Waals surface area contributed by atoms with Crippen molar-refractivity contribution < 1.29 is 37.7 Å². The Kier molecular flexibility index (Phi) is 10.4. The number of alkyl halides is 3. The summed E-state index contributed by atoms with van der Waals surface area (Å²) in [6.45, 7) is 6.89. The Bertz CT molecular complexity index is 1290. The van der Waals surface area contributed by atoms with E-state index in [-0.39, 0.29) is 22.9 Å². The van der Waals surface area contributed by atoms with Crippen LogP contribution < -0.4 is 0 Å². The molecular weight excluding hydrogens is 624 g/mol. The lowest BCUT2D eigenvalue weighted by atomic mass is 9.82. The number of aromatic hydroxyl groups is 1. The zero-order chi connectivity index (χ0) is 31.7. The van der Waals surface area contributed by atoms with Crippen LogP contribution in [0.1, 0.15) is 58.1 Å². The van der Waals surface area contributed by atoms with Crippen LogP contribution in [-0.4, -0.2) is 96.7 Å². The number of carbonyl (C=O) groups is 2. The molecule has 0 saturated carbocycles. The minimum Gasteiger partial charge on any atom is -0.507 e. The number of aryl methyl sites for hydroxylation is 1. The minimum atomic E-state index is -5.19. The fraction of sp³-hybridized carbons (Fsp3) is 0.655. The first-order chi connectivity index (χ1) is 20.1. The number of phenols is 1. The van der Waals surface area contributed by atoms with E-state index >= 15 is 0 Å². The summed E-state index contributed by atoms with van der Waals surface area (Å²) in [7, 11) is 1.79. The molecular formula is C29H38F3N3O5S3. The van der Waals surface area contributed by atoms with E-state index in [1.54, 1.807) is 38.7 Å². The summed E-state index contributed by atoms with van der Waals surface area (Å²) in [5, 5.41) is 21.3. The number of phenolic OH excluding ortho intramolecular Hbond substituents is 1. The van der Waals surface area contributed by atoms with Gasteiger partial charge in [0, 0.05) is 17.3 Å². The van der Waals surface area contributed by atoms with Crippen LogP contribution in [0.25, 0.3) is 0 Å². The number of hydrogen-bond acceptors (Lipinski definition) is 10. The number of aliphatic imine (C=N–C) groups is 2. The molecule has 1 saturated heterocycles. The molecule has 3 heterocycles. The molecule has 5 atom stereocenters. The summed E-state index contributed by atoms with van der Waals surface area (Å²) >= 11 is 4.25. The number of carboxylic acid groups (broad SMARTS) is 1. The molecule has 43 heavy (non-hydrogen) atoms. The van der Waals surface area contributed by atoms with E-state index in [0.29, 0.717) is 16.5 Å². The molecule has 4 rings (SSSR count). The van der Waals surface area contributed by atoms with E-state index < -0.39 is 41.2 Å². The van der Waals surface area contributed by atoms with Gasteiger partial charge in [-0.25, -0.2) is 9.59 Å². The highest BCUT2D eigenvalue weighted by Gasteiger charge is 2.54. The van der Waals surface area contributed by atoms with Crippen molar-refractivity contribution in [2.45, 2.75) is 88.7 Å². The topological polar surface area (TPSA) is 112 Å². The van der Waals surface area contributed by atoms with Gasteiger partial charge in [-0.05, 0) is 38.4 Å². The summed E-state index contributed by atoms with van der Waals surface area (Å²) < 4.78 is 45.5. The molecule has 0 bridgehead atoms. The van der Waals surface area contributed by atoms with E-state index in [2.05, 4.69) is 11.9 Å². The number of thioether (sulfide) groups is 3. The van der Waals surface area contributed by atoms with Gasteiger partial charge < -0.3 is 14.9 Å². The number of aliphatic carboxylic acids is 1. The second kappa shape index (κ2) is 13.2. The highest BCUT2D eigenvalue weighted by Crippen LogP contribution is 2.46. The Morgan fingerprint density at radius 3 is 2.56 bits per heavy atom. The zero-order valence-electron chi connectivity index (χ0n) is 24.8. The first-order valence-electron chi connectivity index (χ1n) is 14.2. The number of benzene rings is 1. The number of nitrogens with zero attached hydrogens (tertiary/aromatic N) is 3. The van der Waals surface area contributed by atoms with Gasteiger partial charge in [0.25, 0.3) is 0 Å². The predicted molar refractivity (Wildman–Crippen MR) is 168 cm³/mol. The fourth-order valence-electron chi connectivity index (χ4n) is 5.53. The number of esters is 1. The first-order valence-corrected chi connectivity index (χ1v) is 17.2. The Balaban J connectivity index is 1.60. The highest BCUT2D eigenvalue weighted by molar-refractivity contribution is 8.15. The molecule has 1 aromatic rings. The number of carboxylic acids is 1. The molecule has 1 fully saturated rings. The Labute approximate surface area is 262 Å². The molecule has 14 heteroatoms. The monoisotopic (exact) mass is 661 g/mol. The molecule has 0 spiro atoms. The van der Waals surface area contributed by atoms with Crippen LogP contribution in [0.15, 0.2) is 28.2 Å². The van der Waals surface area contributed by atoms with Crippen molar-refractivity contribution in [3.05, 3.63) is 29.3 Å². The van der Waals surface area contributed by atoms with Crippen molar-refractivity contribution >= 4 is 57.3 Å². The number of unbranched alkanes of at least 4 members (excludes halogenated alkanes) is 2. The van der Waals surface area contributed by atoms with Gasteiger partial charge in [0.2, 0.25) is 0 Å². The van der Waals surface area contributed by atoms with Gasteiger partial charge in [-0.15, -0.1) is 35.3 Å². The fourth-order valence-corrected chi connectivity index (χ4v) is 9.76. The Hall–Kier alpha value is -1.90. The maximum Gasteiger partial charge on any atom is 0.490 e. The lowest BCUT2D eigenvalue weighted by Gasteiger charge is -2.40. The van der Waals surface area contributed by atoms with Gasteiger partial charge in [-0.3, -0.25) is 14.9 Å². The molecule has 3 aliphatic heterocycles. The van der Waals surface area contributed by atoms with E-state index in [0.717, 1.165) is 53.6 Å². The Morgan fingerprint density at radius 2 is 1.93 bits per heavy atom. The molecule has 8 nitrogen and oxygen atoms in total. The smallest absolute Gasteiger partial charge is 0.490 e. The van der Waals surface area contributed by atoms with Crippen LogP contribution in [-0.2, 0) is 20.7 Å². The number of carbonyl (C=O) groups excluding carboxylic acids is 1. The third kappa shape index (κ3) is 7.17. The first kappa shape index (κ1) is 34.0. The molecule has 2 N–H and O–H groups in total. The average molecular weight is 662 g/mol. The van der Waals surface area contributed by atoms with E-state index in [1.807, 2.05) is 17.0 Å². The van der Waals surface area contributed by atoms with E-state index in [4.69, 9.17) is 9.73 Å². The third-order valence-electron chi connectivity index (χ3n) is 8.13. The Morgan fingerprint density at radius 1 is 1.21 bits per heavy atom. The number of likely N-dealkylation sites (N-methyl/N-ethyl adjacent to an activating group) is 1. The van der Waals surface area contributed by atoms with Crippen molar-refractivity contribution in [3.8, 4) is 5.75 Å². The van der Waals surface area contributed by atoms with Crippen molar-refractivity contribution in [1.82, 2.24) is 4.90 Å². The number of ether oxygens (including phenoxy) is 1. The van der Waals surface area contributed by atoms with E-state index in [9.17, 15) is 33.0 Å². The molecule has 238 valence electrons. The van der Waals surface area contributed by atoms with Gasteiger partial charge in [-0.1, -0.05) is 45.7 Å². The SMILES string of the molecule is CCCCCc1cccc(O)c1C1=N[C@@H]([C@H]2SC[C@@H]([C@@H](OC(=O)C(F)(F)F)C(C)(C)C3=N[C@@](C)(C(=O)O)CS3)N2C)CS1. The van der Waals surface area contributed by atoms with Crippen LogP contribution >= 0.6 is 35.3 Å². The molecule has 0 unspecified atom stereocenters. The summed E-state index contributed by atoms with van der Waals surface area (Å²) in [5.41, 5.74) is -0.840. The van der Waals surface area contributed by atoms with Crippen LogP contribution in [0.5, 0.6) is 5.75 Å². The zero-order valence-corrected chi connectivity index (χ0v) is 27.3. The minimum absolute atomic E-state index is 0.127. The summed E-state index contributed by atoms with van der Waals surface area (Å²) in [6, 6.07) is 4.67. The van der Waals surface area contributed by atoms with Gasteiger partial charge in [0.15, 0.2) is 5.54 Å². The quantitative estimate of drug-likeness (QED) is 0.223. The van der Waals surface area contributed by atoms with Gasteiger partial charge in [0.05, 0.1) is 33.5 Å². The summed E-state index contributed by atoms with van der Waals surface area (Å²) in [5.74, 6) is -2.11. The lowest BCUT2D eigenvalue weighted by Crippen LogP contribution is -2.54. The number of hydrogen-bond donors (Lipinski definition) is 2. The second-order valence-corrected chi connectivity index (χ2v) is 15.0. The maximum absolute atomic E-state index is 13.4. The number of rotatable bonds is 11. The van der Waals surface area contributed by atoms with Gasteiger partial charge >= 0.3 is 18.1 Å². The van der Waals surface area contributed by atoms with Crippen molar-refractivity contribution in [3.63, 3.8) is 0 Å². The van der Waals surface area contributed by atoms with Crippen molar-refractivity contribution in [2.24, 2.45) is 15.4 Å². The number of halogens is 3. The molecule has 0 amide bonds. The average Bonchev–Trinajstić information content (AvgIpc) is 3.66. The maximum atomic E-state index is 13.4. The standard InChI is InChI=1S/C29H38F3N3O5S3/c1-6-7-8-10-16-11-9-12-19(36)20(16)22-33-17(13-41-22)23-35(5)18(14-42-23)21(40-26(39)29(30,31)32)27(2,3)24-34-28(4,15-43-24)25(37)38/h9,11-12,17-18,21,23,36H,6-8,10,13-15H2,1-5H3,(H,37,38)/t17-,18+,21-,23-,28-/m1/s1. The molecule has 1 aromatic carbocycles. The van der Waals surface area contributed by atoms with Crippen molar-refractivity contribution in [2.75, 3.05) is 24.3 Å². The van der Waals surface area contributed by atoms with Crippen LogP contribution in [0.4, 0.5) is 13.2 Å². The van der Waals surface area contributed by atoms with Crippen molar-refractivity contribution in [1.29, 1.82) is 0 Å². The van der Waals surface area contributed by atoms with Crippen LogP contribution in [0, 0.1) is 5.41 Å². The van der Waals surface area contributed by atoms with Crippen LogP contribution in [0.2, 0.25) is 0 Å². The largest absolute Gasteiger partial charge is 0.507 e. The third-order valence-corrected chi connectivity index (χ3v) is 12.3. The normalized spacial score (nSPS) is 27.2. The highest BCUT2D eigenvalue weighted by atomic mass is 32.2.